The zero-order valence-corrected chi connectivity index (χ0v) is 12.9. The Hall–Kier alpha value is -0.910. The van der Waals surface area contributed by atoms with Crippen molar-refractivity contribution in [3.63, 3.8) is 0 Å². The van der Waals surface area contributed by atoms with Crippen LogP contribution in [0.2, 0.25) is 0 Å². The molecule has 0 radical (unpaired) electrons. The Bertz CT molecular complexity index is 416. The van der Waals surface area contributed by atoms with E-state index in [4.69, 9.17) is 0 Å². The van der Waals surface area contributed by atoms with Crippen LogP contribution in [0.15, 0.2) is 17.5 Å². The summed E-state index contributed by atoms with van der Waals surface area (Å²) >= 11 is 1.70. The van der Waals surface area contributed by atoms with Crippen molar-refractivity contribution < 1.29 is 4.79 Å². The first-order valence-corrected chi connectivity index (χ1v) is 7.63. The molecule has 1 aliphatic heterocycles. The molecule has 0 spiro atoms. The molecule has 0 aliphatic carbocycles. The fourth-order valence-electron chi connectivity index (χ4n) is 2.34. The predicted octanol–water partition coefficient (Wildman–Crippen LogP) is 1.76. The number of thiophene rings is 1. The lowest BCUT2D eigenvalue weighted by Gasteiger charge is -2.24. The number of carbonyl (C=O) groups is 1. The molecule has 5 heteroatoms. The average Bonchev–Trinajstić information content (AvgIpc) is 2.93. The van der Waals surface area contributed by atoms with Crippen molar-refractivity contribution in [2.24, 2.45) is 5.92 Å². The van der Waals surface area contributed by atoms with Crippen LogP contribution in [0.25, 0.3) is 0 Å². The van der Waals surface area contributed by atoms with Gasteiger partial charge < -0.3 is 9.80 Å². The standard InChI is InChI=1S/C14H23N3OS/c1-10(2)12-14(18)17(8-7-16(3)4)13(15-12)11-6-5-9-19-11/h5-6,9-10,12-13,15H,7-8H2,1-4H3. The third kappa shape index (κ3) is 3.16. The van der Waals surface area contributed by atoms with Crippen LogP contribution in [0, 0.1) is 5.92 Å². The summed E-state index contributed by atoms with van der Waals surface area (Å²) in [7, 11) is 4.07. The summed E-state index contributed by atoms with van der Waals surface area (Å²) in [6.45, 7) is 5.84. The minimum absolute atomic E-state index is 0.0415. The Labute approximate surface area is 119 Å². The summed E-state index contributed by atoms with van der Waals surface area (Å²) in [6.07, 6.45) is 0.0415. The minimum atomic E-state index is -0.0609. The third-order valence-corrected chi connectivity index (χ3v) is 4.39. The monoisotopic (exact) mass is 281 g/mol. The maximum atomic E-state index is 12.5. The van der Waals surface area contributed by atoms with Gasteiger partial charge in [0.1, 0.15) is 6.17 Å². The lowest BCUT2D eigenvalue weighted by Crippen LogP contribution is -2.37. The van der Waals surface area contributed by atoms with Gasteiger partial charge in [-0.15, -0.1) is 11.3 Å². The number of amides is 1. The molecule has 19 heavy (non-hydrogen) atoms. The topological polar surface area (TPSA) is 35.6 Å². The zero-order chi connectivity index (χ0) is 14.0. The van der Waals surface area contributed by atoms with E-state index in [9.17, 15) is 4.79 Å². The maximum Gasteiger partial charge on any atom is 0.241 e. The molecule has 1 amide bonds. The van der Waals surface area contributed by atoms with Gasteiger partial charge in [-0.25, -0.2) is 0 Å². The van der Waals surface area contributed by atoms with Crippen LogP contribution in [0.3, 0.4) is 0 Å². The molecule has 106 valence electrons. The molecule has 1 saturated heterocycles. The van der Waals surface area contributed by atoms with Gasteiger partial charge in [0.2, 0.25) is 5.91 Å². The molecule has 1 aromatic rings. The number of rotatable bonds is 5. The van der Waals surface area contributed by atoms with E-state index in [1.54, 1.807) is 11.3 Å². The summed E-state index contributed by atoms with van der Waals surface area (Å²) in [5, 5.41) is 5.55. The Morgan fingerprint density at radius 3 is 2.74 bits per heavy atom. The van der Waals surface area contributed by atoms with Gasteiger partial charge in [0.15, 0.2) is 0 Å². The van der Waals surface area contributed by atoms with Crippen LogP contribution in [0.5, 0.6) is 0 Å². The SMILES string of the molecule is CC(C)C1NC(c2cccs2)N(CCN(C)C)C1=O. The van der Waals surface area contributed by atoms with Gasteiger partial charge in [-0.3, -0.25) is 10.1 Å². The summed E-state index contributed by atoms with van der Waals surface area (Å²) in [4.78, 5) is 17.8. The second-order valence-corrected chi connectivity index (χ2v) is 6.62. The zero-order valence-electron chi connectivity index (χ0n) is 12.1. The molecular formula is C14H23N3OS. The summed E-state index contributed by atoms with van der Waals surface area (Å²) in [5.41, 5.74) is 0. The Morgan fingerprint density at radius 2 is 2.21 bits per heavy atom. The molecule has 0 aromatic carbocycles. The highest BCUT2D eigenvalue weighted by Crippen LogP contribution is 2.30. The third-order valence-electron chi connectivity index (χ3n) is 3.47. The number of hydrogen-bond donors (Lipinski definition) is 1. The molecular weight excluding hydrogens is 258 g/mol. The quantitative estimate of drug-likeness (QED) is 0.893. The number of nitrogens with zero attached hydrogens (tertiary/aromatic N) is 2. The van der Waals surface area contributed by atoms with Crippen LogP contribution in [0.1, 0.15) is 24.9 Å². The molecule has 2 rings (SSSR count). The van der Waals surface area contributed by atoms with E-state index in [0.717, 1.165) is 13.1 Å². The molecule has 1 aliphatic rings. The lowest BCUT2D eigenvalue weighted by atomic mass is 10.1. The largest absolute Gasteiger partial charge is 0.319 e. The number of nitrogens with one attached hydrogen (secondary N) is 1. The lowest BCUT2D eigenvalue weighted by molar-refractivity contribution is -0.130. The first-order chi connectivity index (χ1) is 9.00. The van der Waals surface area contributed by atoms with Crippen LogP contribution in [-0.4, -0.2) is 48.9 Å². The van der Waals surface area contributed by atoms with Gasteiger partial charge in [-0.1, -0.05) is 19.9 Å². The van der Waals surface area contributed by atoms with Crippen molar-refractivity contribution in [3.8, 4) is 0 Å². The van der Waals surface area contributed by atoms with Crippen molar-refractivity contribution in [1.29, 1.82) is 0 Å². The molecule has 0 bridgehead atoms. The molecule has 2 atom stereocenters. The van der Waals surface area contributed by atoms with Crippen molar-refractivity contribution in [3.05, 3.63) is 22.4 Å². The fourth-order valence-corrected chi connectivity index (χ4v) is 3.14. The van der Waals surface area contributed by atoms with Crippen LogP contribution < -0.4 is 5.32 Å². The van der Waals surface area contributed by atoms with E-state index >= 15 is 0 Å². The average molecular weight is 281 g/mol. The van der Waals surface area contributed by atoms with E-state index < -0.39 is 0 Å². The van der Waals surface area contributed by atoms with Gasteiger partial charge in [-0.05, 0) is 31.5 Å². The number of hydrogen-bond acceptors (Lipinski definition) is 4. The number of carbonyl (C=O) groups excluding carboxylic acids is 1. The normalized spacial score (nSPS) is 23.9. The van der Waals surface area contributed by atoms with Crippen molar-refractivity contribution in [1.82, 2.24) is 15.1 Å². The Balaban J connectivity index is 2.16. The maximum absolute atomic E-state index is 12.5. The van der Waals surface area contributed by atoms with Crippen molar-refractivity contribution >= 4 is 17.2 Å². The van der Waals surface area contributed by atoms with E-state index in [-0.39, 0.29) is 18.1 Å². The summed E-state index contributed by atoms with van der Waals surface area (Å²) in [6, 6.07) is 4.08. The second-order valence-electron chi connectivity index (χ2n) is 5.64. The molecule has 2 unspecified atom stereocenters. The first kappa shape index (κ1) is 14.5. The first-order valence-electron chi connectivity index (χ1n) is 6.75. The van der Waals surface area contributed by atoms with Gasteiger partial charge in [0.25, 0.3) is 0 Å². The molecule has 1 N–H and O–H groups in total. The van der Waals surface area contributed by atoms with Gasteiger partial charge in [0.05, 0.1) is 6.04 Å². The summed E-state index contributed by atoms with van der Waals surface area (Å²) in [5.74, 6) is 0.551. The predicted molar refractivity (Wildman–Crippen MR) is 79.1 cm³/mol. The molecule has 1 aromatic heterocycles. The highest BCUT2D eigenvalue weighted by Gasteiger charge is 2.40. The minimum Gasteiger partial charge on any atom is -0.319 e. The van der Waals surface area contributed by atoms with Crippen molar-refractivity contribution in [2.45, 2.75) is 26.1 Å². The molecule has 1 fully saturated rings. The highest BCUT2D eigenvalue weighted by molar-refractivity contribution is 7.10. The van der Waals surface area contributed by atoms with E-state index in [0.29, 0.717) is 5.92 Å². The van der Waals surface area contributed by atoms with E-state index in [1.807, 2.05) is 25.1 Å². The smallest absolute Gasteiger partial charge is 0.241 e. The van der Waals surface area contributed by atoms with E-state index in [1.165, 1.54) is 4.88 Å². The fraction of sp³-hybridized carbons (Fsp3) is 0.643. The number of likely N-dealkylation sites (N-methyl/N-ethyl adjacent to an activating group) is 1. The van der Waals surface area contributed by atoms with Gasteiger partial charge in [0, 0.05) is 18.0 Å². The highest BCUT2D eigenvalue weighted by atomic mass is 32.1. The van der Waals surface area contributed by atoms with Crippen LogP contribution in [0.4, 0.5) is 0 Å². The Morgan fingerprint density at radius 1 is 1.47 bits per heavy atom. The van der Waals surface area contributed by atoms with Crippen LogP contribution >= 0.6 is 11.3 Å². The summed E-state index contributed by atoms with van der Waals surface area (Å²) < 4.78 is 0. The van der Waals surface area contributed by atoms with E-state index in [2.05, 4.69) is 35.5 Å². The second kappa shape index (κ2) is 6.03. The van der Waals surface area contributed by atoms with Gasteiger partial charge >= 0.3 is 0 Å². The molecule has 2 heterocycles. The molecule has 4 nitrogen and oxygen atoms in total. The Kier molecular flexibility index (Phi) is 4.60. The van der Waals surface area contributed by atoms with Gasteiger partial charge in [-0.2, -0.15) is 0 Å². The van der Waals surface area contributed by atoms with Crippen LogP contribution in [-0.2, 0) is 4.79 Å². The van der Waals surface area contributed by atoms with Crippen molar-refractivity contribution in [2.75, 3.05) is 27.2 Å². The molecule has 0 saturated carbocycles.